The Labute approximate surface area is 690 Å². The lowest BCUT2D eigenvalue weighted by Gasteiger charge is -2.19. The van der Waals surface area contributed by atoms with E-state index in [0.29, 0.717) is 22.4 Å². The molecule has 1 saturated carbocycles. The molecule has 11 nitrogen and oxygen atoms in total. The summed E-state index contributed by atoms with van der Waals surface area (Å²) in [7, 11) is -15.0. The molecular weight excluding hydrogens is 1540 g/mol. The van der Waals surface area contributed by atoms with Crippen LogP contribution in [-0.2, 0) is 29.2 Å². The van der Waals surface area contributed by atoms with E-state index in [4.69, 9.17) is 0 Å². The number of hydrogen-bond acceptors (Lipinski definition) is 7. The average molecular weight is 1640 g/mol. The highest BCUT2D eigenvalue weighted by Crippen LogP contribution is 2.49. The molecule has 1 fully saturated rings. The summed E-state index contributed by atoms with van der Waals surface area (Å²) in [5.41, 5.74) is 3.98. The van der Waals surface area contributed by atoms with Crippen LogP contribution >= 0.6 is 47.8 Å². The number of thiazole rings is 1. The van der Waals surface area contributed by atoms with Gasteiger partial charge in [-0.15, -0.1) is 11.3 Å². The molecule has 0 aliphatic heterocycles. The maximum atomic E-state index is 13.7. The van der Waals surface area contributed by atoms with Gasteiger partial charge in [0, 0.05) is 88.8 Å². The third-order valence-corrected chi connectivity index (χ3v) is 31.7. The SMILES string of the molecule is C/C(C=NP(=O)(c1ccccc1)c1ccccc1)=C\c1csc(C)n1.CC(C)CCC=NP(=O)(c1ccccc1)c1ccccc1.O=P(N=CC#Cc1ccccc1)(c1ccccc1)c1ccccc1.O=P(N=CC1CCCCC1)(c1ccccc1)c1ccccc1.O=P(N=CCCc1ccccc1)(c1ccccc1)c1ccccc1. The number of allylic oxidation sites excluding steroid dienone is 1. The number of rotatable bonds is 24. The Morgan fingerprint density at radius 3 is 1.03 bits per heavy atom. The van der Waals surface area contributed by atoms with Crippen LogP contribution < -0.4 is 53.0 Å². The molecule has 0 unspecified atom stereocenters. The molecule has 17 heteroatoms. The average Bonchev–Trinajstić information content (AvgIpc) is 0.828. The van der Waals surface area contributed by atoms with Crippen LogP contribution in [0.1, 0.15) is 94.0 Å². The summed E-state index contributed by atoms with van der Waals surface area (Å²) in [5, 5.41) is 10.6. The predicted octanol–water partition coefficient (Wildman–Crippen LogP) is 22.5. The molecule has 0 spiro atoms. The molecular formula is C99H99N6O5P5S. The second-order valence-corrected chi connectivity index (χ2v) is 40.9. The van der Waals surface area contributed by atoms with Crippen LogP contribution in [0.5, 0.6) is 0 Å². The Kier molecular flexibility index (Phi) is 34.7. The van der Waals surface area contributed by atoms with E-state index in [2.05, 4.69) is 66.6 Å². The van der Waals surface area contributed by atoms with Crippen LogP contribution in [-0.4, -0.2) is 36.1 Å². The molecule has 0 N–H and O–H groups in total. The van der Waals surface area contributed by atoms with Crippen molar-refractivity contribution >= 4 is 138 Å². The van der Waals surface area contributed by atoms with E-state index in [1.165, 1.54) is 43.9 Å². The Morgan fingerprint density at radius 1 is 0.397 bits per heavy atom. The van der Waals surface area contributed by atoms with Crippen LogP contribution in [0, 0.1) is 30.6 Å². The number of aryl methyl sites for hydroxylation is 2. The first-order valence-electron chi connectivity index (χ1n) is 39.1. The molecule has 1 aliphatic rings. The third kappa shape index (κ3) is 26.3. The van der Waals surface area contributed by atoms with Crippen LogP contribution in [0.2, 0.25) is 0 Å². The normalized spacial score (nSPS) is 12.8. The standard InChI is InChI=1S/C21H20NOP.C21H16NOP.C20H19N2OPS.C19H22NOP.C18H22NOP/c2*23-24(20-14-6-2-7-15-20,21-16-8-3-9-17-21)22-18-10-13-19-11-4-1-5-12-19;1-16(13-18-15-25-17(2)22-18)14-21-24(23,19-9-5-3-6-10-19)20-11-7-4-8-12-20;21-22(18-12-6-2-7-13-18,19-14-8-3-9-15-19)20-16-17-10-4-1-5-11-17;1-16(2)10-9-15-19-21(20,17-11-5-3-6-12-17)18-13-7-4-8-14-18/h1-9,11-12,14-18H,10,13H2;1-9,11-12,14-18H;3-15H,1-2H3;2-3,6-9,12-17H,1,4-5,10-11H2;3-8,11-16H,9-10H2,1-2H3/b;;16-13+,21-14?;;. The molecule has 13 aromatic rings. The van der Waals surface area contributed by atoms with Gasteiger partial charge in [0.05, 0.1) is 16.9 Å². The van der Waals surface area contributed by atoms with Crippen molar-refractivity contribution in [2.75, 3.05) is 0 Å². The molecule has 12 aromatic carbocycles. The molecule has 1 heterocycles. The van der Waals surface area contributed by atoms with Gasteiger partial charge < -0.3 is 0 Å². The second-order valence-electron chi connectivity index (χ2n) is 27.8. The Hall–Kier alpha value is -10.9. The van der Waals surface area contributed by atoms with E-state index < -0.39 is 36.5 Å². The van der Waals surface area contributed by atoms with E-state index in [-0.39, 0.29) is 0 Å². The Morgan fingerprint density at radius 2 is 0.698 bits per heavy atom. The summed E-state index contributed by atoms with van der Waals surface area (Å²) in [4.78, 5) is 4.42. The Bertz CT molecular complexity index is 5390. The van der Waals surface area contributed by atoms with Crippen molar-refractivity contribution in [2.45, 2.75) is 85.5 Å². The maximum absolute atomic E-state index is 13.7. The van der Waals surface area contributed by atoms with Crippen molar-refractivity contribution in [1.82, 2.24) is 4.98 Å². The molecule has 116 heavy (non-hydrogen) atoms. The summed E-state index contributed by atoms with van der Waals surface area (Å²) < 4.78 is 90.7. The van der Waals surface area contributed by atoms with Gasteiger partial charge in [-0.05, 0) is 221 Å². The van der Waals surface area contributed by atoms with Crippen LogP contribution in [0.3, 0.4) is 0 Å². The molecule has 0 atom stereocenters. The minimum Gasteiger partial charge on any atom is -0.288 e. The second kappa shape index (κ2) is 46.0. The zero-order valence-electron chi connectivity index (χ0n) is 66.1. The fourth-order valence-electron chi connectivity index (χ4n) is 12.4. The van der Waals surface area contributed by atoms with Crippen LogP contribution in [0.15, 0.2) is 399 Å². The van der Waals surface area contributed by atoms with Crippen molar-refractivity contribution in [3.8, 4) is 11.8 Å². The Balaban J connectivity index is 0.000000153. The van der Waals surface area contributed by atoms with Gasteiger partial charge in [-0.1, -0.05) is 270 Å². The zero-order chi connectivity index (χ0) is 81.4. The largest absolute Gasteiger partial charge is 0.288 e. The van der Waals surface area contributed by atoms with Gasteiger partial charge in [0.2, 0.25) is 36.5 Å². The minimum absolute atomic E-state index is 0.481. The summed E-state index contributed by atoms with van der Waals surface area (Å²) in [6.07, 6.45) is 20.5. The number of aromatic nitrogens is 1. The van der Waals surface area contributed by atoms with Gasteiger partial charge in [-0.3, -0.25) is 22.8 Å². The first kappa shape index (κ1) is 87.5. The molecule has 0 radical (unpaired) electrons. The monoisotopic (exact) mass is 1640 g/mol. The lowest BCUT2D eigenvalue weighted by atomic mass is 9.90. The maximum Gasteiger partial charge on any atom is 0.247 e. The lowest BCUT2D eigenvalue weighted by molar-refractivity contribution is 0.445. The molecule has 0 amide bonds. The number of hydrogen-bond donors (Lipinski definition) is 0. The van der Waals surface area contributed by atoms with Gasteiger partial charge in [-0.2, -0.15) is 0 Å². The summed E-state index contributed by atoms with van der Waals surface area (Å²) in [6.45, 7) is 8.28. The lowest BCUT2D eigenvalue weighted by Crippen LogP contribution is -2.15. The van der Waals surface area contributed by atoms with E-state index >= 15 is 0 Å². The van der Waals surface area contributed by atoms with E-state index in [1.807, 2.05) is 396 Å². The highest BCUT2D eigenvalue weighted by atomic mass is 32.1. The molecule has 0 saturated heterocycles. The summed E-state index contributed by atoms with van der Waals surface area (Å²) in [6, 6.07) is 115. The van der Waals surface area contributed by atoms with Crippen LogP contribution in [0.4, 0.5) is 0 Å². The summed E-state index contributed by atoms with van der Waals surface area (Å²) in [5.74, 6) is 6.99. The fraction of sp³-hybridized carbons (Fsp3) is 0.152. The quantitative estimate of drug-likeness (QED) is 0.0332. The summed E-state index contributed by atoms with van der Waals surface area (Å²) >= 11 is 1.61. The van der Waals surface area contributed by atoms with Gasteiger partial charge in [0.25, 0.3) is 0 Å². The smallest absolute Gasteiger partial charge is 0.247 e. The topological polar surface area (TPSA) is 160 Å². The predicted molar refractivity (Wildman–Crippen MR) is 500 cm³/mol. The first-order valence-corrected chi connectivity index (χ1v) is 48.3. The van der Waals surface area contributed by atoms with Crippen molar-refractivity contribution in [1.29, 1.82) is 0 Å². The highest BCUT2D eigenvalue weighted by molar-refractivity contribution is 7.79. The van der Waals surface area contributed by atoms with Crippen molar-refractivity contribution in [3.05, 3.63) is 397 Å². The first-order chi connectivity index (χ1) is 56.6. The van der Waals surface area contributed by atoms with E-state index in [0.717, 1.165) is 90.0 Å². The van der Waals surface area contributed by atoms with Crippen molar-refractivity contribution in [2.24, 2.45) is 35.7 Å². The fourth-order valence-corrected chi connectivity index (χ4v) is 23.2. The number of nitrogens with zero attached hydrogens (tertiary/aromatic N) is 6. The third-order valence-electron chi connectivity index (χ3n) is 18.6. The molecule has 1 aromatic heterocycles. The molecule has 14 rings (SSSR count). The van der Waals surface area contributed by atoms with E-state index in [1.54, 1.807) is 17.6 Å². The highest BCUT2D eigenvalue weighted by Gasteiger charge is 2.30. The minimum atomic E-state index is -3.08. The van der Waals surface area contributed by atoms with Crippen molar-refractivity contribution < 1.29 is 22.8 Å². The van der Waals surface area contributed by atoms with Gasteiger partial charge >= 0.3 is 0 Å². The molecule has 0 bridgehead atoms. The van der Waals surface area contributed by atoms with Gasteiger partial charge in [-0.25, -0.2) is 28.8 Å². The zero-order valence-corrected chi connectivity index (χ0v) is 71.4. The molecule has 1 aliphatic carbocycles. The van der Waals surface area contributed by atoms with Crippen molar-refractivity contribution in [3.63, 3.8) is 0 Å². The van der Waals surface area contributed by atoms with Crippen LogP contribution in [0.25, 0.3) is 6.08 Å². The van der Waals surface area contributed by atoms with Gasteiger partial charge in [0.15, 0.2) is 0 Å². The number of benzene rings is 12. The van der Waals surface area contributed by atoms with E-state index in [9.17, 15) is 22.8 Å². The van der Waals surface area contributed by atoms with Gasteiger partial charge in [0.1, 0.15) is 0 Å². The molecule has 586 valence electrons.